The minimum atomic E-state index is -0.212. The van der Waals surface area contributed by atoms with Crippen molar-refractivity contribution < 1.29 is 9.59 Å². The van der Waals surface area contributed by atoms with E-state index in [4.69, 9.17) is 0 Å². The number of carbonyl (C=O) groups is 2. The predicted molar refractivity (Wildman–Crippen MR) is 75.6 cm³/mol. The number of nitrogens with zero attached hydrogens (tertiary/aromatic N) is 2. The zero-order chi connectivity index (χ0) is 13.7. The summed E-state index contributed by atoms with van der Waals surface area (Å²) in [6.45, 7) is 0.580. The summed E-state index contributed by atoms with van der Waals surface area (Å²) in [4.78, 5) is 30.4. The lowest BCUT2D eigenvalue weighted by molar-refractivity contribution is -0.128. The minimum Gasteiger partial charge on any atom is -0.339 e. The van der Waals surface area contributed by atoms with E-state index in [-0.39, 0.29) is 17.7 Å². The van der Waals surface area contributed by atoms with Crippen LogP contribution in [0.5, 0.6) is 0 Å². The Hall–Kier alpha value is -1.43. The lowest BCUT2D eigenvalue weighted by Crippen LogP contribution is -2.29. The molecule has 5 nitrogen and oxygen atoms in total. The Morgan fingerprint density at radius 2 is 2.15 bits per heavy atom. The molecule has 1 N–H and O–H groups in total. The Labute approximate surface area is 121 Å². The first-order chi connectivity index (χ1) is 9.70. The van der Waals surface area contributed by atoms with Crippen LogP contribution < -0.4 is 5.32 Å². The van der Waals surface area contributed by atoms with Crippen molar-refractivity contribution in [3.63, 3.8) is 0 Å². The van der Waals surface area contributed by atoms with Gasteiger partial charge in [-0.2, -0.15) is 0 Å². The number of likely N-dealkylation sites (tertiary alicyclic amines) is 1. The summed E-state index contributed by atoms with van der Waals surface area (Å²) in [5.74, 6) is 0.468. The van der Waals surface area contributed by atoms with Crippen LogP contribution in [-0.2, 0) is 9.59 Å². The summed E-state index contributed by atoms with van der Waals surface area (Å²) in [6, 6.07) is 0.404. The zero-order valence-electron chi connectivity index (χ0n) is 11.2. The van der Waals surface area contributed by atoms with E-state index in [1.807, 2.05) is 10.3 Å². The maximum Gasteiger partial charge on any atom is 0.231 e. The van der Waals surface area contributed by atoms with Gasteiger partial charge in [0.1, 0.15) is 0 Å². The van der Waals surface area contributed by atoms with Crippen molar-refractivity contribution in [3.8, 4) is 0 Å². The van der Waals surface area contributed by atoms with E-state index in [0.29, 0.717) is 30.1 Å². The normalized spacial score (nSPS) is 26.1. The van der Waals surface area contributed by atoms with Gasteiger partial charge in [0.15, 0.2) is 5.13 Å². The Balaban J connectivity index is 1.38. The number of anilines is 1. The van der Waals surface area contributed by atoms with Gasteiger partial charge < -0.3 is 10.2 Å². The Bertz CT molecular complexity index is 563. The van der Waals surface area contributed by atoms with Gasteiger partial charge in [-0.05, 0) is 25.7 Å². The van der Waals surface area contributed by atoms with E-state index in [0.717, 1.165) is 18.5 Å². The molecule has 0 aromatic carbocycles. The van der Waals surface area contributed by atoms with Crippen molar-refractivity contribution >= 4 is 28.3 Å². The number of rotatable bonds is 4. The van der Waals surface area contributed by atoms with Gasteiger partial charge in [-0.15, -0.1) is 11.3 Å². The van der Waals surface area contributed by atoms with Crippen LogP contribution in [0.15, 0.2) is 5.38 Å². The van der Waals surface area contributed by atoms with Gasteiger partial charge in [-0.1, -0.05) is 0 Å². The first kappa shape index (κ1) is 12.3. The molecule has 1 aliphatic heterocycles. The fourth-order valence-corrected chi connectivity index (χ4v) is 3.56. The van der Waals surface area contributed by atoms with E-state index in [1.54, 1.807) is 0 Å². The number of nitrogens with one attached hydrogen (secondary N) is 1. The second kappa shape index (κ2) is 4.55. The van der Waals surface area contributed by atoms with Gasteiger partial charge in [0.25, 0.3) is 0 Å². The smallest absolute Gasteiger partial charge is 0.231 e. The van der Waals surface area contributed by atoms with Crippen molar-refractivity contribution in [2.45, 2.75) is 44.1 Å². The summed E-state index contributed by atoms with van der Waals surface area (Å²) in [7, 11) is 0. The summed E-state index contributed by atoms with van der Waals surface area (Å²) >= 11 is 1.48. The third kappa shape index (κ3) is 2.32. The van der Waals surface area contributed by atoms with Gasteiger partial charge in [-0.3, -0.25) is 9.59 Å². The first-order valence-corrected chi connectivity index (χ1v) is 8.14. The number of amides is 2. The Morgan fingerprint density at radius 3 is 2.85 bits per heavy atom. The number of aromatic nitrogens is 1. The highest BCUT2D eigenvalue weighted by Crippen LogP contribution is 2.41. The average molecular weight is 291 g/mol. The lowest BCUT2D eigenvalue weighted by Gasteiger charge is -2.14. The summed E-state index contributed by atoms with van der Waals surface area (Å²) in [5, 5.41) is 5.58. The van der Waals surface area contributed by atoms with E-state index in [9.17, 15) is 9.59 Å². The second-order valence-corrected chi connectivity index (χ2v) is 6.88. The van der Waals surface area contributed by atoms with Crippen LogP contribution in [0.2, 0.25) is 0 Å². The quantitative estimate of drug-likeness (QED) is 0.922. The third-order valence-electron chi connectivity index (χ3n) is 4.26. The average Bonchev–Trinajstić information content (AvgIpc) is 3.35. The van der Waals surface area contributed by atoms with Gasteiger partial charge in [-0.25, -0.2) is 4.98 Å². The number of thiazole rings is 1. The zero-order valence-corrected chi connectivity index (χ0v) is 12.0. The highest BCUT2D eigenvalue weighted by Gasteiger charge is 2.41. The van der Waals surface area contributed by atoms with Crippen molar-refractivity contribution in [2.75, 3.05) is 11.9 Å². The lowest BCUT2D eigenvalue weighted by atomic mass is 10.1. The van der Waals surface area contributed by atoms with Gasteiger partial charge in [0.05, 0.1) is 11.6 Å². The van der Waals surface area contributed by atoms with Gasteiger partial charge in [0, 0.05) is 30.3 Å². The molecular formula is C14H17N3O2S. The predicted octanol–water partition coefficient (Wildman–Crippen LogP) is 1.97. The molecule has 1 unspecified atom stereocenters. The molecule has 2 saturated carbocycles. The van der Waals surface area contributed by atoms with Crippen molar-refractivity contribution in [2.24, 2.45) is 5.92 Å². The molecule has 0 radical (unpaired) electrons. The molecule has 6 heteroatoms. The van der Waals surface area contributed by atoms with E-state index < -0.39 is 0 Å². The van der Waals surface area contributed by atoms with Gasteiger partial charge in [0.2, 0.25) is 11.8 Å². The molecule has 1 aromatic heterocycles. The SMILES string of the molecule is O=C(Nc1nc(C2CC2)cs1)C1CC(=O)N(C2CC2)C1. The molecule has 0 spiro atoms. The molecule has 1 atom stereocenters. The van der Waals surface area contributed by atoms with Crippen LogP contribution in [0, 0.1) is 5.92 Å². The van der Waals surface area contributed by atoms with E-state index in [2.05, 4.69) is 10.3 Å². The molecule has 2 aliphatic carbocycles. The van der Waals surface area contributed by atoms with Crippen molar-refractivity contribution in [1.82, 2.24) is 9.88 Å². The van der Waals surface area contributed by atoms with Crippen LogP contribution in [0.3, 0.4) is 0 Å². The first-order valence-electron chi connectivity index (χ1n) is 7.26. The molecule has 106 valence electrons. The molecular weight excluding hydrogens is 274 g/mol. The second-order valence-electron chi connectivity index (χ2n) is 6.02. The van der Waals surface area contributed by atoms with Crippen LogP contribution in [-0.4, -0.2) is 34.3 Å². The maximum absolute atomic E-state index is 12.2. The minimum absolute atomic E-state index is 0.0572. The number of carbonyl (C=O) groups excluding carboxylic acids is 2. The molecule has 3 fully saturated rings. The highest BCUT2D eigenvalue weighted by molar-refractivity contribution is 7.13. The van der Waals surface area contributed by atoms with E-state index >= 15 is 0 Å². The van der Waals surface area contributed by atoms with Crippen LogP contribution >= 0.6 is 11.3 Å². The Morgan fingerprint density at radius 1 is 1.35 bits per heavy atom. The molecule has 2 amide bonds. The Kier molecular flexibility index (Phi) is 2.80. The molecule has 1 aromatic rings. The molecule has 2 heterocycles. The number of hydrogen-bond acceptors (Lipinski definition) is 4. The number of hydrogen-bond donors (Lipinski definition) is 1. The molecule has 1 saturated heterocycles. The van der Waals surface area contributed by atoms with Crippen LogP contribution in [0.25, 0.3) is 0 Å². The summed E-state index contributed by atoms with van der Waals surface area (Å²) in [6.07, 6.45) is 4.97. The topological polar surface area (TPSA) is 62.3 Å². The fraction of sp³-hybridized carbons (Fsp3) is 0.643. The summed E-state index contributed by atoms with van der Waals surface area (Å²) in [5.41, 5.74) is 1.10. The molecule has 20 heavy (non-hydrogen) atoms. The fourth-order valence-electron chi connectivity index (χ4n) is 2.76. The monoisotopic (exact) mass is 291 g/mol. The standard InChI is InChI=1S/C14H17N3O2S/c18-12-5-9(6-17(12)10-3-4-10)13(19)16-14-15-11(7-20-14)8-1-2-8/h7-10H,1-6H2,(H,15,16,19). The van der Waals surface area contributed by atoms with Crippen LogP contribution in [0.4, 0.5) is 5.13 Å². The molecule has 4 rings (SSSR count). The van der Waals surface area contributed by atoms with Crippen LogP contribution in [0.1, 0.15) is 43.7 Å². The largest absolute Gasteiger partial charge is 0.339 e. The maximum atomic E-state index is 12.2. The highest BCUT2D eigenvalue weighted by atomic mass is 32.1. The van der Waals surface area contributed by atoms with Crippen molar-refractivity contribution in [1.29, 1.82) is 0 Å². The van der Waals surface area contributed by atoms with E-state index in [1.165, 1.54) is 24.2 Å². The molecule has 3 aliphatic rings. The van der Waals surface area contributed by atoms with Crippen molar-refractivity contribution in [3.05, 3.63) is 11.1 Å². The summed E-state index contributed by atoms with van der Waals surface area (Å²) < 4.78 is 0. The molecule has 0 bridgehead atoms. The third-order valence-corrected chi connectivity index (χ3v) is 5.04. The van der Waals surface area contributed by atoms with Gasteiger partial charge >= 0.3 is 0 Å².